The second-order valence-corrected chi connectivity index (χ2v) is 5.97. The molecule has 0 bridgehead atoms. The number of hydrogen-bond donors (Lipinski definition) is 1. The predicted octanol–water partition coefficient (Wildman–Crippen LogP) is 3.32. The summed E-state index contributed by atoms with van der Waals surface area (Å²) in [6.45, 7) is 6.37. The van der Waals surface area contributed by atoms with Gasteiger partial charge in [0, 0.05) is 10.5 Å². The predicted molar refractivity (Wildman–Crippen MR) is 80.3 cm³/mol. The molecule has 0 saturated heterocycles. The number of ether oxygens (including phenoxy) is 1. The number of hydrogen-bond acceptors (Lipinski definition) is 3. The molecule has 1 aromatic rings. The molecule has 0 aromatic heterocycles. The largest absolute Gasteiger partial charge is 0.496 e. The summed E-state index contributed by atoms with van der Waals surface area (Å²) in [6.07, 6.45) is 2.36. The van der Waals surface area contributed by atoms with Crippen LogP contribution in [0.3, 0.4) is 0 Å². The van der Waals surface area contributed by atoms with Gasteiger partial charge in [-0.1, -0.05) is 15.9 Å². The Labute approximate surface area is 122 Å². The number of methoxy groups -OCH3 is 1. The molecule has 19 heavy (non-hydrogen) atoms. The van der Waals surface area contributed by atoms with E-state index < -0.39 is 0 Å². The fourth-order valence-electron chi connectivity index (χ4n) is 2.29. The molecule has 1 aromatic carbocycles. The third kappa shape index (κ3) is 2.84. The highest BCUT2D eigenvalue weighted by atomic mass is 79.9. The van der Waals surface area contributed by atoms with Crippen molar-refractivity contribution in [3.05, 3.63) is 26.7 Å². The Kier molecular flexibility index (Phi) is 4.31. The smallest absolute Gasteiger partial charge is 0.180 e. The topological polar surface area (TPSA) is 38.3 Å². The highest BCUT2D eigenvalue weighted by Crippen LogP contribution is 2.36. The normalized spacial score (nSPS) is 14.6. The van der Waals surface area contributed by atoms with Gasteiger partial charge in [0.1, 0.15) is 5.75 Å². The van der Waals surface area contributed by atoms with E-state index in [1.807, 2.05) is 20.8 Å². The zero-order valence-electron chi connectivity index (χ0n) is 11.9. The van der Waals surface area contributed by atoms with Gasteiger partial charge in [0.05, 0.1) is 19.2 Å². The van der Waals surface area contributed by atoms with Crippen LogP contribution >= 0.6 is 15.9 Å². The monoisotopic (exact) mass is 325 g/mol. The van der Waals surface area contributed by atoms with Crippen LogP contribution in [0.5, 0.6) is 5.75 Å². The molecule has 3 nitrogen and oxygen atoms in total. The summed E-state index contributed by atoms with van der Waals surface area (Å²) in [6, 6.07) is 0.533. The van der Waals surface area contributed by atoms with Crippen molar-refractivity contribution in [3.63, 3.8) is 0 Å². The molecule has 1 fully saturated rings. The third-order valence-electron chi connectivity index (χ3n) is 3.78. The first kappa shape index (κ1) is 14.5. The SMILES string of the molecule is COc1c(C)c(C)c(Br)c(C)c1C(=O)CNC1CC1. The minimum atomic E-state index is 0.102. The Morgan fingerprint density at radius 1 is 1.26 bits per heavy atom. The van der Waals surface area contributed by atoms with E-state index in [0.717, 1.165) is 21.2 Å². The lowest BCUT2D eigenvalue weighted by Crippen LogP contribution is -2.26. The van der Waals surface area contributed by atoms with E-state index in [4.69, 9.17) is 4.74 Å². The second kappa shape index (κ2) is 5.63. The Morgan fingerprint density at radius 3 is 2.42 bits per heavy atom. The highest BCUT2D eigenvalue weighted by molar-refractivity contribution is 9.10. The molecule has 1 N–H and O–H groups in total. The molecular weight excluding hydrogens is 306 g/mol. The minimum absolute atomic E-state index is 0.102. The van der Waals surface area contributed by atoms with E-state index >= 15 is 0 Å². The van der Waals surface area contributed by atoms with Crippen LogP contribution < -0.4 is 10.1 Å². The molecule has 0 aliphatic heterocycles. The van der Waals surface area contributed by atoms with Crippen molar-refractivity contribution in [2.45, 2.75) is 39.7 Å². The van der Waals surface area contributed by atoms with Crippen molar-refractivity contribution in [1.82, 2.24) is 5.32 Å². The summed E-state index contributed by atoms with van der Waals surface area (Å²) in [4.78, 5) is 12.4. The second-order valence-electron chi connectivity index (χ2n) is 5.18. The van der Waals surface area contributed by atoms with Gasteiger partial charge in [0.25, 0.3) is 0 Å². The van der Waals surface area contributed by atoms with Crippen LogP contribution in [0.2, 0.25) is 0 Å². The number of Topliss-reactive ketones (excluding diaryl/α,β-unsaturated/α-hetero) is 1. The average molecular weight is 326 g/mol. The summed E-state index contributed by atoms with van der Waals surface area (Å²) in [7, 11) is 1.63. The van der Waals surface area contributed by atoms with Crippen LogP contribution in [0.1, 0.15) is 39.9 Å². The summed E-state index contributed by atoms with van der Waals surface area (Å²) >= 11 is 3.58. The maximum absolute atomic E-state index is 12.4. The number of halogens is 1. The zero-order chi connectivity index (χ0) is 14.2. The van der Waals surface area contributed by atoms with E-state index in [0.29, 0.717) is 23.9 Å². The van der Waals surface area contributed by atoms with Gasteiger partial charge in [-0.25, -0.2) is 0 Å². The first-order valence-corrected chi connectivity index (χ1v) is 7.36. The van der Waals surface area contributed by atoms with Gasteiger partial charge in [0.2, 0.25) is 0 Å². The van der Waals surface area contributed by atoms with Gasteiger partial charge < -0.3 is 10.1 Å². The fourth-order valence-corrected chi connectivity index (χ4v) is 2.78. The lowest BCUT2D eigenvalue weighted by atomic mass is 9.96. The Hall–Kier alpha value is -0.870. The number of benzene rings is 1. The lowest BCUT2D eigenvalue weighted by Gasteiger charge is -2.18. The number of carbonyl (C=O) groups is 1. The van der Waals surface area contributed by atoms with Gasteiger partial charge in [-0.15, -0.1) is 0 Å². The summed E-state index contributed by atoms with van der Waals surface area (Å²) < 4.78 is 6.47. The van der Waals surface area contributed by atoms with E-state index in [1.54, 1.807) is 7.11 Å². The molecule has 104 valence electrons. The van der Waals surface area contributed by atoms with Crippen LogP contribution in [0.4, 0.5) is 0 Å². The third-order valence-corrected chi connectivity index (χ3v) is 4.96. The number of carbonyl (C=O) groups excluding carboxylic acids is 1. The molecule has 1 aliphatic rings. The first-order chi connectivity index (χ1) is 8.97. The van der Waals surface area contributed by atoms with Crippen molar-refractivity contribution in [3.8, 4) is 5.75 Å². The summed E-state index contributed by atoms with van der Waals surface area (Å²) in [5.74, 6) is 0.811. The molecule has 1 aliphatic carbocycles. The van der Waals surface area contributed by atoms with Crippen LogP contribution in [0.15, 0.2) is 4.47 Å². The Bertz CT molecular complexity index is 522. The lowest BCUT2D eigenvalue weighted by molar-refractivity contribution is 0.0987. The molecule has 0 spiro atoms. The van der Waals surface area contributed by atoms with Crippen LogP contribution in [0.25, 0.3) is 0 Å². The van der Waals surface area contributed by atoms with Crippen LogP contribution in [-0.4, -0.2) is 25.5 Å². The van der Waals surface area contributed by atoms with Gasteiger partial charge in [-0.3, -0.25) is 4.79 Å². The maximum atomic E-state index is 12.4. The first-order valence-electron chi connectivity index (χ1n) is 6.57. The van der Waals surface area contributed by atoms with Crippen LogP contribution in [-0.2, 0) is 0 Å². The molecule has 1 saturated carbocycles. The summed E-state index contributed by atoms with van der Waals surface area (Å²) in [5.41, 5.74) is 3.81. The molecule has 0 heterocycles. The van der Waals surface area contributed by atoms with Gasteiger partial charge in [-0.2, -0.15) is 0 Å². The number of rotatable bonds is 5. The molecule has 0 atom stereocenters. The van der Waals surface area contributed by atoms with E-state index in [9.17, 15) is 4.79 Å². The molecule has 0 radical (unpaired) electrons. The van der Waals surface area contributed by atoms with Gasteiger partial charge in [0.15, 0.2) is 5.78 Å². The molecule has 0 unspecified atom stereocenters. The average Bonchev–Trinajstić information content (AvgIpc) is 3.21. The summed E-state index contributed by atoms with van der Waals surface area (Å²) in [5, 5.41) is 3.27. The van der Waals surface area contributed by atoms with Crippen molar-refractivity contribution in [2.75, 3.05) is 13.7 Å². The molecular formula is C15H20BrNO2. The Morgan fingerprint density at radius 2 is 1.89 bits per heavy atom. The fraction of sp³-hybridized carbons (Fsp3) is 0.533. The Balaban J connectivity index is 2.38. The van der Waals surface area contributed by atoms with Crippen molar-refractivity contribution in [1.29, 1.82) is 0 Å². The van der Waals surface area contributed by atoms with Crippen molar-refractivity contribution < 1.29 is 9.53 Å². The minimum Gasteiger partial charge on any atom is -0.496 e. The highest BCUT2D eigenvalue weighted by Gasteiger charge is 2.25. The standard InChI is InChI=1S/C15H20BrNO2/c1-8-9(2)15(19-4)13(10(3)14(8)16)12(18)7-17-11-5-6-11/h11,17H,5-7H2,1-4H3. The number of ketones is 1. The van der Waals surface area contributed by atoms with E-state index in [1.165, 1.54) is 12.8 Å². The van der Waals surface area contributed by atoms with Crippen molar-refractivity contribution in [2.24, 2.45) is 0 Å². The van der Waals surface area contributed by atoms with Crippen molar-refractivity contribution >= 4 is 21.7 Å². The van der Waals surface area contributed by atoms with Gasteiger partial charge in [-0.05, 0) is 50.3 Å². The molecule has 0 amide bonds. The number of nitrogens with one attached hydrogen (secondary N) is 1. The van der Waals surface area contributed by atoms with E-state index in [-0.39, 0.29) is 5.78 Å². The molecule has 4 heteroatoms. The van der Waals surface area contributed by atoms with E-state index in [2.05, 4.69) is 21.2 Å². The maximum Gasteiger partial charge on any atom is 0.180 e. The van der Waals surface area contributed by atoms with Gasteiger partial charge >= 0.3 is 0 Å². The quantitative estimate of drug-likeness (QED) is 0.844. The molecule has 2 rings (SSSR count). The van der Waals surface area contributed by atoms with Crippen LogP contribution in [0, 0.1) is 20.8 Å². The zero-order valence-corrected chi connectivity index (χ0v) is 13.5.